The van der Waals surface area contributed by atoms with Gasteiger partial charge < -0.3 is 14.8 Å². The molecule has 0 radical (unpaired) electrons. The van der Waals surface area contributed by atoms with Crippen molar-refractivity contribution in [2.24, 2.45) is 0 Å². The van der Waals surface area contributed by atoms with Gasteiger partial charge in [0.2, 0.25) is 0 Å². The molecule has 0 bridgehead atoms. The van der Waals surface area contributed by atoms with Crippen molar-refractivity contribution in [2.45, 2.75) is 6.92 Å². The summed E-state index contributed by atoms with van der Waals surface area (Å²) >= 11 is 6.19. The summed E-state index contributed by atoms with van der Waals surface area (Å²) < 4.78 is 11.8. The lowest BCUT2D eigenvalue weighted by Crippen LogP contribution is -2.33. The molecule has 0 unspecified atom stereocenters. The van der Waals surface area contributed by atoms with Crippen LogP contribution in [-0.4, -0.2) is 40.3 Å². The maximum Gasteiger partial charge on any atom is 0.264 e. The summed E-state index contributed by atoms with van der Waals surface area (Å²) in [5.74, 6) is -0.205. The number of hydrogen-bond donors (Lipinski definition) is 1. The number of carbonyl (C=O) groups is 3. The van der Waals surface area contributed by atoms with Crippen LogP contribution in [0, 0.1) is 0 Å². The van der Waals surface area contributed by atoms with Crippen LogP contribution in [0.5, 0.6) is 11.5 Å². The number of nitrogens with zero attached hydrogens (tertiary/aromatic N) is 1. The van der Waals surface area contributed by atoms with E-state index >= 15 is 0 Å². The van der Waals surface area contributed by atoms with Crippen LogP contribution in [0.15, 0.2) is 47.4 Å². The van der Waals surface area contributed by atoms with Gasteiger partial charge in [0.15, 0.2) is 18.2 Å². The van der Waals surface area contributed by atoms with Gasteiger partial charge in [-0.05, 0) is 42.8 Å². The van der Waals surface area contributed by atoms with E-state index in [1.165, 1.54) is 11.8 Å². The average molecular weight is 441 g/mol. The van der Waals surface area contributed by atoms with Crippen LogP contribution in [0.4, 0.5) is 0 Å². The Labute approximate surface area is 182 Å². The first-order valence-corrected chi connectivity index (χ1v) is 10.3. The Morgan fingerprint density at radius 3 is 2.33 bits per heavy atom. The summed E-state index contributed by atoms with van der Waals surface area (Å²) in [6.45, 7) is 1.99. The highest BCUT2D eigenvalue weighted by Crippen LogP contribution is 2.32. The number of thiocarbonyl (C=S) groups is 1. The molecule has 0 spiro atoms. The second kappa shape index (κ2) is 8.29. The molecule has 3 amide bonds. The molecule has 0 aromatic heterocycles. The number of amides is 3. The molecule has 2 aliphatic heterocycles. The van der Waals surface area contributed by atoms with E-state index in [-0.39, 0.29) is 12.6 Å². The third kappa shape index (κ3) is 3.81. The number of nitrogens with one attached hydrogen (secondary N) is 1. The van der Waals surface area contributed by atoms with Gasteiger partial charge >= 0.3 is 0 Å². The fourth-order valence-electron chi connectivity index (χ4n) is 3.06. The molecule has 0 atom stereocenters. The molecule has 0 saturated carbocycles. The van der Waals surface area contributed by atoms with Gasteiger partial charge in [0, 0.05) is 0 Å². The van der Waals surface area contributed by atoms with Crippen molar-refractivity contribution in [3.63, 3.8) is 0 Å². The minimum absolute atomic E-state index is 0.237. The Morgan fingerprint density at radius 2 is 1.73 bits per heavy atom. The summed E-state index contributed by atoms with van der Waals surface area (Å²) in [7, 11) is 0. The van der Waals surface area contributed by atoms with Gasteiger partial charge in [0.25, 0.3) is 17.7 Å². The topological polar surface area (TPSA) is 84.9 Å². The van der Waals surface area contributed by atoms with Crippen LogP contribution >= 0.6 is 24.0 Å². The smallest absolute Gasteiger partial charge is 0.264 e. The number of thioether (sulfide) groups is 1. The van der Waals surface area contributed by atoms with Gasteiger partial charge in [-0.25, -0.2) is 4.90 Å². The van der Waals surface area contributed by atoms with E-state index in [0.29, 0.717) is 38.5 Å². The van der Waals surface area contributed by atoms with Crippen LogP contribution in [0.25, 0.3) is 6.08 Å². The van der Waals surface area contributed by atoms with Crippen molar-refractivity contribution >= 4 is 52.1 Å². The Morgan fingerprint density at radius 1 is 1.03 bits per heavy atom. The van der Waals surface area contributed by atoms with Gasteiger partial charge in [-0.15, -0.1) is 0 Å². The quantitative estimate of drug-likeness (QED) is 0.419. The second-order valence-corrected chi connectivity index (χ2v) is 8.07. The summed E-state index contributed by atoms with van der Waals surface area (Å²) in [5, 5.41) is 2.57. The number of carbonyl (C=O) groups excluding carboxylic acids is 3. The maximum absolute atomic E-state index is 12.5. The van der Waals surface area contributed by atoms with E-state index in [9.17, 15) is 14.4 Å². The fraction of sp³-hybridized carbons (Fsp3) is 0.143. The molecule has 2 aromatic carbocycles. The van der Waals surface area contributed by atoms with Crippen LogP contribution in [0.1, 0.15) is 33.2 Å². The van der Waals surface area contributed by atoms with Crippen molar-refractivity contribution < 1.29 is 23.9 Å². The average Bonchev–Trinajstić information content (AvgIpc) is 3.17. The highest BCUT2D eigenvalue weighted by Gasteiger charge is 2.35. The molecule has 1 fully saturated rings. The molecule has 2 aromatic rings. The summed E-state index contributed by atoms with van der Waals surface area (Å²) in [4.78, 5) is 38.4. The summed E-state index contributed by atoms with van der Waals surface area (Å²) in [6.07, 6.45) is 1.70. The van der Waals surface area contributed by atoms with E-state index < -0.39 is 11.8 Å². The maximum atomic E-state index is 12.5. The van der Waals surface area contributed by atoms with Crippen LogP contribution < -0.4 is 14.8 Å². The summed E-state index contributed by atoms with van der Waals surface area (Å²) in [6, 6.07) is 11.8. The molecule has 2 aliphatic rings. The van der Waals surface area contributed by atoms with Gasteiger partial charge in [0.05, 0.1) is 22.6 Å². The Kier molecular flexibility index (Phi) is 5.56. The monoisotopic (exact) mass is 440 g/mol. The van der Waals surface area contributed by atoms with Gasteiger partial charge in [-0.3, -0.25) is 14.4 Å². The molecule has 0 aliphatic carbocycles. The van der Waals surface area contributed by atoms with Crippen LogP contribution in [0.2, 0.25) is 0 Å². The molecule has 30 heavy (non-hydrogen) atoms. The highest BCUT2D eigenvalue weighted by molar-refractivity contribution is 8.26. The van der Waals surface area contributed by atoms with E-state index in [2.05, 4.69) is 5.32 Å². The van der Waals surface area contributed by atoms with Gasteiger partial charge in [-0.2, -0.15) is 0 Å². The molecule has 152 valence electrons. The predicted molar refractivity (Wildman–Crippen MR) is 116 cm³/mol. The van der Waals surface area contributed by atoms with E-state index in [4.69, 9.17) is 21.7 Å². The molecule has 2 heterocycles. The molecular weight excluding hydrogens is 424 g/mol. The number of fused-ring (bicyclic) bond motifs is 1. The standard InChI is InChI=1S/C21H16N2O5S2/c1-2-27-16-9-12(10-17-18(24)22-21(29)30-17)7-8-15(16)28-11-23-19(25)13-5-3-4-6-14(13)20(23)26/h3-10H,2,11H2,1H3,(H,22,24,29)/b17-10-. The minimum atomic E-state index is -0.393. The van der Waals surface area contributed by atoms with Crippen molar-refractivity contribution in [1.29, 1.82) is 0 Å². The van der Waals surface area contributed by atoms with E-state index in [1.807, 2.05) is 6.92 Å². The first kappa shape index (κ1) is 20.1. The number of benzene rings is 2. The lowest BCUT2D eigenvalue weighted by molar-refractivity contribution is -0.115. The zero-order valence-corrected chi connectivity index (χ0v) is 17.5. The Balaban J connectivity index is 1.53. The SMILES string of the molecule is CCOc1cc(/C=C2\SC(=S)NC2=O)ccc1OCN1C(=O)c2ccccc2C1=O. The first-order chi connectivity index (χ1) is 14.5. The zero-order valence-electron chi connectivity index (χ0n) is 15.8. The Hall–Kier alpha value is -3.17. The number of hydrogen-bond acceptors (Lipinski definition) is 7. The summed E-state index contributed by atoms with van der Waals surface area (Å²) in [5.41, 5.74) is 1.46. The van der Waals surface area contributed by atoms with Gasteiger partial charge in [0.1, 0.15) is 4.32 Å². The minimum Gasteiger partial charge on any atom is -0.490 e. The highest BCUT2D eigenvalue weighted by atomic mass is 32.2. The van der Waals surface area contributed by atoms with E-state index in [1.54, 1.807) is 48.5 Å². The first-order valence-electron chi connectivity index (χ1n) is 9.07. The normalized spacial score (nSPS) is 16.8. The molecule has 9 heteroatoms. The van der Waals surface area contributed by atoms with Crippen molar-refractivity contribution in [3.05, 3.63) is 64.1 Å². The largest absolute Gasteiger partial charge is 0.490 e. The lowest BCUT2D eigenvalue weighted by atomic mass is 10.1. The second-order valence-electron chi connectivity index (χ2n) is 6.35. The fourth-order valence-corrected chi connectivity index (χ4v) is 4.11. The number of rotatable bonds is 6. The van der Waals surface area contributed by atoms with E-state index in [0.717, 1.165) is 10.5 Å². The Bertz CT molecular complexity index is 1080. The molecule has 7 nitrogen and oxygen atoms in total. The number of ether oxygens (including phenoxy) is 2. The third-order valence-corrected chi connectivity index (χ3v) is 5.60. The van der Waals surface area contributed by atoms with Gasteiger partial charge in [-0.1, -0.05) is 42.2 Å². The molecule has 1 saturated heterocycles. The number of imide groups is 1. The van der Waals surface area contributed by atoms with Crippen LogP contribution in [0.3, 0.4) is 0 Å². The molecule has 4 rings (SSSR count). The molecule has 1 N–H and O–H groups in total. The lowest BCUT2D eigenvalue weighted by Gasteiger charge is -2.17. The van der Waals surface area contributed by atoms with Crippen molar-refractivity contribution in [3.8, 4) is 11.5 Å². The third-order valence-electron chi connectivity index (χ3n) is 4.43. The zero-order chi connectivity index (χ0) is 21.3. The van der Waals surface area contributed by atoms with Crippen LogP contribution in [-0.2, 0) is 4.79 Å². The van der Waals surface area contributed by atoms with Crippen molar-refractivity contribution in [2.75, 3.05) is 13.3 Å². The molecular formula is C21H16N2O5S2. The van der Waals surface area contributed by atoms with Crippen molar-refractivity contribution in [1.82, 2.24) is 10.2 Å². The predicted octanol–water partition coefficient (Wildman–Crippen LogP) is 3.21.